The van der Waals surface area contributed by atoms with Crippen molar-refractivity contribution in [3.05, 3.63) is 46.4 Å². The van der Waals surface area contributed by atoms with Crippen LogP contribution in [0, 0.1) is 0 Å². The van der Waals surface area contributed by atoms with Crippen LogP contribution < -0.4 is 0 Å². The van der Waals surface area contributed by atoms with E-state index in [1.165, 1.54) is 0 Å². The number of para-hydroxylation sites is 1. The van der Waals surface area contributed by atoms with E-state index in [9.17, 15) is 4.79 Å². The van der Waals surface area contributed by atoms with Gasteiger partial charge >= 0.3 is 0 Å². The number of aromatic amines is 1. The zero-order chi connectivity index (χ0) is 12.0. The van der Waals surface area contributed by atoms with Gasteiger partial charge in [0.1, 0.15) is 0 Å². The fourth-order valence-corrected chi connectivity index (χ4v) is 2.85. The molecule has 2 aromatic carbocycles. The molecule has 0 saturated carbocycles. The topological polar surface area (TPSA) is 32.9 Å². The first-order valence-electron chi connectivity index (χ1n) is 5.38. The van der Waals surface area contributed by atoms with Gasteiger partial charge < -0.3 is 4.98 Å². The largest absolute Gasteiger partial charge is 0.354 e. The SMILES string of the molecule is CC(=O)c1c(Br)ccc2c1[nH]c1ccccc12. The van der Waals surface area contributed by atoms with E-state index in [1.807, 2.05) is 30.3 Å². The number of fused-ring (bicyclic) bond motifs is 3. The van der Waals surface area contributed by atoms with Crippen molar-refractivity contribution in [2.45, 2.75) is 6.92 Å². The molecule has 2 nitrogen and oxygen atoms in total. The van der Waals surface area contributed by atoms with Gasteiger partial charge in [0.25, 0.3) is 0 Å². The highest BCUT2D eigenvalue weighted by molar-refractivity contribution is 9.10. The number of aromatic nitrogens is 1. The number of hydrogen-bond donors (Lipinski definition) is 1. The number of ketones is 1. The quantitative estimate of drug-likeness (QED) is 0.666. The highest BCUT2D eigenvalue weighted by Gasteiger charge is 2.13. The maximum Gasteiger partial charge on any atom is 0.163 e. The smallest absolute Gasteiger partial charge is 0.163 e. The molecule has 0 unspecified atom stereocenters. The first-order chi connectivity index (χ1) is 8.18. The average Bonchev–Trinajstić information content (AvgIpc) is 2.66. The lowest BCUT2D eigenvalue weighted by atomic mass is 10.1. The second-order valence-electron chi connectivity index (χ2n) is 4.07. The van der Waals surface area contributed by atoms with Crippen molar-refractivity contribution in [1.82, 2.24) is 4.98 Å². The van der Waals surface area contributed by atoms with E-state index in [0.717, 1.165) is 31.8 Å². The number of carbonyl (C=O) groups excluding carboxylic acids is 1. The molecular weight excluding hydrogens is 278 g/mol. The molecule has 0 saturated heterocycles. The number of Topliss-reactive ketones (excluding diaryl/α,β-unsaturated/α-hetero) is 1. The molecule has 3 aromatic rings. The summed E-state index contributed by atoms with van der Waals surface area (Å²) >= 11 is 3.43. The number of H-pyrrole nitrogens is 1. The Labute approximate surface area is 107 Å². The molecule has 1 N–H and O–H groups in total. The predicted molar refractivity (Wildman–Crippen MR) is 73.5 cm³/mol. The van der Waals surface area contributed by atoms with Crippen LogP contribution in [0.15, 0.2) is 40.9 Å². The van der Waals surface area contributed by atoms with Gasteiger partial charge in [-0.3, -0.25) is 4.79 Å². The van der Waals surface area contributed by atoms with E-state index in [0.29, 0.717) is 0 Å². The molecule has 84 valence electrons. The van der Waals surface area contributed by atoms with Crippen LogP contribution in [0.5, 0.6) is 0 Å². The maximum atomic E-state index is 11.7. The number of rotatable bonds is 1. The number of benzene rings is 2. The molecular formula is C14H10BrNO. The molecule has 0 aliphatic rings. The Morgan fingerprint density at radius 1 is 1.12 bits per heavy atom. The van der Waals surface area contributed by atoms with Crippen molar-refractivity contribution in [2.24, 2.45) is 0 Å². The number of nitrogens with one attached hydrogen (secondary N) is 1. The third-order valence-corrected chi connectivity index (χ3v) is 3.64. The summed E-state index contributed by atoms with van der Waals surface area (Å²) in [5.74, 6) is 0.0639. The van der Waals surface area contributed by atoms with Crippen LogP contribution in [0.4, 0.5) is 0 Å². The second kappa shape index (κ2) is 3.70. The normalized spacial score (nSPS) is 11.2. The summed E-state index contributed by atoms with van der Waals surface area (Å²) in [7, 11) is 0. The van der Waals surface area contributed by atoms with Gasteiger partial charge in [0.05, 0.1) is 11.1 Å². The molecule has 0 atom stereocenters. The highest BCUT2D eigenvalue weighted by Crippen LogP contribution is 2.31. The molecule has 1 heterocycles. The monoisotopic (exact) mass is 287 g/mol. The Balaban J connectivity index is 2.56. The predicted octanol–water partition coefficient (Wildman–Crippen LogP) is 4.29. The van der Waals surface area contributed by atoms with Crippen LogP contribution in [-0.2, 0) is 0 Å². The average molecular weight is 288 g/mol. The summed E-state index contributed by atoms with van der Waals surface area (Å²) < 4.78 is 0.837. The third-order valence-electron chi connectivity index (χ3n) is 2.98. The Bertz CT molecular complexity index is 742. The van der Waals surface area contributed by atoms with E-state index in [1.54, 1.807) is 6.92 Å². The van der Waals surface area contributed by atoms with Crippen molar-refractivity contribution >= 4 is 43.5 Å². The van der Waals surface area contributed by atoms with Gasteiger partial charge in [-0.1, -0.05) is 24.3 Å². The third kappa shape index (κ3) is 1.50. The van der Waals surface area contributed by atoms with Crippen molar-refractivity contribution in [1.29, 1.82) is 0 Å². The lowest BCUT2D eigenvalue weighted by Gasteiger charge is -2.01. The minimum absolute atomic E-state index is 0.0639. The molecule has 3 heteroatoms. The first-order valence-corrected chi connectivity index (χ1v) is 6.17. The van der Waals surface area contributed by atoms with Gasteiger partial charge in [-0.2, -0.15) is 0 Å². The minimum atomic E-state index is 0.0639. The van der Waals surface area contributed by atoms with E-state index in [4.69, 9.17) is 0 Å². The van der Waals surface area contributed by atoms with Gasteiger partial charge in [-0.05, 0) is 35.0 Å². The summed E-state index contributed by atoms with van der Waals surface area (Å²) in [5.41, 5.74) is 2.69. The molecule has 1 aromatic heterocycles. The van der Waals surface area contributed by atoms with Crippen molar-refractivity contribution < 1.29 is 4.79 Å². The molecule has 0 aliphatic heterocycles. The second-order valence-corrected chi connectivity index (χ2v) is 4.93. The van der Waals surface area contributed by atoms with Gasteiger partial charge in [-0.15, -0.1) is 0 Å². The fourth-order valence-electron chi connectivity index (χ4n) is 2.24. The highest BCUT2D eigenvalue weighted by atomic mass is 79.9. The molecule has 0 fully saturated rings. The summed E-state index contributed by atoms with van der Waals surface area (Å²) in [4.78, 5) is 15.0. The van der Waals surface area contributed by atoms with Gasteiger partial charge in [0, 0.05) is 20.8 Å². The zero-order valence-corrected chi connectivity index (χ0v) is 10.8. The molecule has 0 radical (unpaired) electrons. The van der Waals surface area contributed by atoms with Crippen LogP contribution in [0.1, 0.15) is 17.3 Å². The molecule has 0 bridgehead atoms. The molecule has 17 heavy (non-hydrogen) atoms. The van der Waals surface area contributed by atoms with E-state index in [-0.39, 0.29) is 5.78 Å². The van der Waals surface area contributed by atoms with Crippen LogP contribution in [0.2, 0.25) is 0 Å². The number of carbonyl (C=O) groups is 1. The van der Waals surface area contributed by atoms with E-state index in [2.05, 4.69) is 27.0 Å². The Hall–Kier alpha value is -1.61. The van der Waals surface area contributed by atoms with Crippen molar-refractivity contribution in [2.75, 3.05) is 0 Å². The van der Waals surface area contributed by atoms with Crippen LogP contribution in [0.25, 0.3) is 21.8 Å². The molecule has 3 rings (SSSR count). The Morgan fingerprint density at radius 2 is 1.88 bits per heavy atom. The Kier molecular flexibility index (Phi) is 2.30. The summed E-state index contributed by atoms with van der Waals surface area (Å²) in [6, 6.07) is 12.0. The van der Waals surface area contributed by atoms with Gasteiger partial charge in [0.15, 0.2) is 5.78 Å². The summed E-state index contributed by atoms with van der Waals surface area (Å²) in [6.07, 6.45) is 0. The van der Waals surface area contributed by atoms with E-state index < -0.39 is 0 Å². The molecule has 0 amide bonds. The zero-order valence-electron chi connectivity index (χ0n) is 9.25. The summed E-state index contributed by atoms with van der Waals surface area (Å²) in [6.45, 7) is 1.59. The van der Waals surface area contributed by atoms with Crippen LogP contribution in [0.3, 0.4) is 0 Å². The number of halogens is 1. The van der Waals surface area contributed by atoms with Gasteiger partial charge in [-0.25, -0.2) is 0 Å². The number of hydrogen-bond acceptors (Lipinski definition) is 1. The van der Waals surface area contributed by atoms with Crippen molar-refractivity contribution in [3.63, 3.8) is 0 Å². The fraction of sp³-hybridized carbons (Fsp3) is 0.0714. The molecule has 0 spiro atoms. The first kappa shape index (κ1) is 10.5. The molecule has 0 aliphatic carbocycles. The van der Waals surface area contributed by atoms with Gasteiger partial charge in [0.2, 0.25) is 0 Å². The maximum absolute atomic E-state index is 11.7. The van der Waals surface area contributed by atoms with Crippen molar-refractivity contribution in [3.8, 4) is 0 Å². The van der Waals surface area contributed by atoms with Crippen LogP contribution >= 0.6 is 15.9 Å². The summed E-state index contributed by atoms with van der Waals surface area (Å²) in [5, 5.41) is 2.24. The van der Waals surface area contributed by atoms with Crippen LogP contribution in [-0.4, -0.2) is 10.8 Å². The lowest BCUT2D eigenvalue weighted by molar-refractivity contribution is 0.101. The Morgan fingerprint density at radius 3 is 2.65 bits per heavy atom. The lowest BCUT2D eigenvalue weighted by Crippen LogP contribution is -1.94. The minimum Gasteiger partial charge on any atom is -0.354 e. The van der Waals surface area contributed by atoms with E-state index >= 15 is 0 Å². The standard InChI is InChI=1S/C14H10BrNO/c1-8(17)13-11(15)7-6-10-9-4-2-3-5-12(9)16-14(10)13/h2-7,16H,1H3.